The molecule has 2 N–H and O–H groups in total. The van der Waals surface area contributed by atoms with Gasteiger partial charge in [0.15, 0.2) is 0 Å². The van der Waals surface area contributed by atoms with Crippen LogP contribution in [0, 0.1) is 0 Å². The summed E-state index contributed by atoms with van der Waals surface area (Å²) >= 11 is 0. The van der Waals surface area contributed by atoms with Crippen molar-refractivity contribution in [2.45, 2.75) is 38.1 Å². The number of nitrogens with one attached hydrogen (secondary N) is 1. The number of likely N-dealkylation sites (N-methyl/N-ethyl adjacent to an activating group) is 1. The largest absolute Gasteiger partial charge is 0.395 e. The summed E-state index contributed by atoms with van der Waals surface area (Å²) in [5.74, 6) is 0.0112. The number of nitrogens with zero attached hydrogens (tertiary/aromatic N) is 1. The Kier molecular flexibility index (Phi) is 5.65. The first-order valence-corrected chi connectivity index (χ1v) is 5.82. The maximum atomic E-state index is 11.4. The van der Waals surface area contributed by atoms with Gasteiger partial charge < -0.3 is 10.4 Å². The first kappa shape index (κ1) is 12.5. The molecule has 1 aliphatic rings. The van der Waals surface area contributed by atoms with Crippen molar-refractivity contribution in [1.29, 1.82) is 0 Å². The third-order valence-electron chi connectivity index (χ3n) is 3.03. The summed E-state index contributed by atoms with van der Waals surface area (Å²) in [5, 5.41) is 11.2. The van der Waals surface area contributed by atoms with Gasteiger partial charge in [-0.05, 0) is 19.9 Å². The number of hydrogen-bond donors (Lipinski definition) is 2. The highest BCUT2D eigenvalue weighted by Gasteiger charge is 2.19. The van der Waals surface area contributed by atoms with E-state index in [9.17, 15) is 4.79 Å². The first-order chi connectivity index (χ1) is 7.24. The van der Waals surface area contributed by atoms with Gasteiger partial charge in [-0.15, -0.1) is 0 Å². The van der Waals surface area contributed by atoms with E-state index in [4.69, 9.17) is 5.11 Å². The minimum absolute atomic E-state index is 0.0112. The van der Waals surface area contributed by atoms with Gasteiger partial charge in [-0.1, -0.05) is 19.3 Å². The van der Waals surface area contributed by atoms with Crippen LogP contribution in [0.25, 0.3) is 0 Å². The summed E-state index contributed by atoms with van der Waals surface area (Å²) in [4.78, 5) is 13.5. The second kappa shape index (κ2) is 6.80. The summed E-state index contributed by atoms with van der Waals surface area (Å²) < 4.78 is 0. The van der Waals surface area contributed by atoms with Crippen LogP contribution in [-0.2, 0) is 4.79 Å². The Hall–Kier alpha value is -0.610. The average molecular weight is 214 g/mol. The summed E-state index contributed by atoms with van der Waals surface area (Å²) in [7, 11) is 2.01. The predicted octanol–water partition coefficient (Wildman–Crippen LogP) is 0.359. The van der Waals surface area contributed by atoms with E-state index in [2.05, 4.69) is 10.2 Å². The summed E-state index contributed by atoms with van der Waals surface area (Å²) in [6, 6.07) is 0.568. The molecule has 0 aromatic rings. The molecule has 1 saturated carbocycles. The molecule has 1 fully saturated rings. The molecule has 0 bridgehead atoms. The number of hydrogen-bond acceptors (Lipinski definition) is 3. The minimum Gasteiger partial charge on any atom is -0.395 e. The third-order valence-corrected chi connectivity index (χ3v) is 3.03. The Morgan fingerprint density at radius 3 is 2.67 bits per heavy atom. The normalized spacial score (nSPS) is 18.1. The fourth-order valence-corrected chi connectivity index (χ4v) is 2.13. The monoisotopic (exact) mass is 214 g/mol. The van der Waals surface area contributed by atoms with Crippen molar-refractivity contribution in [3.63, 3.8) is 0 Å². The van der Waals surface area contributed by atoms with Crippen molar-refractivity contribution in [2.24, 2.45) is 0 Å². The van der Waals surface area contributed by atoms with Gasteiger partial charge in [0.1, 0.15) is 0 Å². The van der Waals surface area contributed by atoms with Crippen LogP contribution in [0.1, 0.15) is 32.1 Å². The van der Waals surface area contributed by atoms with Gasteiger partial charge in [-0.2, -0.15) is 0 Å². The zero-order chi connectivity index (χ0) is 11.1. The average Bonchev–Trinajstić information content (AvgIpc) is 2.27. The van der Waals surface area contributed by atoms with E-state index < -0.39 is 0 Å². The molecule has 0 radical (unpaired) electrons. The molecule has 4 heteroatoms. The number of carbonyl (C=O) groups excluding carboxylic acids is 1. The smallest absolute Gasteiger partial charge is 0.234 e. The molecule has 1 amide bonds. The molecular weight excluding hydrogens is 192 g/mol. The highest BCUT2D eigenvalue weighted by atomic mass is 16.3. The van der Waals surface area contributed by atoms with Gasteiger partial charge in [0.25, 0.3) is 0 Å². The molecule has 0 heterocycles. The Morgan fingerprint density at radius 2 is 2.07 bits per heavy atom. The lowest BCUT2D eigenvalue weighted by Gasteiger charge is -2.30. The van der Waals surface area contributed by atoms with Gasteiger partial charge in [-0.3, -0.25) is 9.69 Å². The van der Waals surface area contributed by atoms with E-state index in [1.54, 1.807) is 0 Å². The summed E-state index contributed by atoms with van der Waals surface area (Å²) in [6.07, 6.45) is 6.33. The molecule has 0 unspecified atom stereocenters. The van der Waals surface area contributed by atoms with Gasteiger partial charge in [0.2, 0.25) is 5.91 Å². The van der Waals surface area contributed by atoms with E-state index >= 15 is 0 Å². The lowest BCUT2D eigenvalue weighted by atomic mass is 9.94. The quantitative estimate of drug-likeness (QED) is 0.695. The van der Waals surface area contributed by atoms with E-state index in [0.29, 0.717) is 19.1 Å². The Balaban J connectivity index is 2.21. The first-order valence-electron chi connectivity index (χ1n) is 5.82. The number of aliphatic hydroxyl groups is 1. The maximum absolute atomic E-state index is 11.4. The van der Waals surface area contributed by atoms with Crippen molar-refractivity contribution >= 4 is 5.91 Å². The van der Waals surface area contributed by atoms with Crippen LogP contribution < -0.4 is 5.32 Å². The number of aliphatic hydroxyl groups excluding tert-OH is 1. The zero-order valence-corrected chi connectivity index (χ0v) is 9.54. The van der Waals surface area contributed by atoms with E-state index in [1.165, 1.54) is 32.1 Å². The zero-order valence-electron chi connectivity index (χ0n) is 9.54. The summed E-state index contributed by atoms with van der Waals surface area (Å²) in [6.45, 7) is 0.820. The maximum Gasteiger partial charge on any atom is 0.234 e. The van der Waals surface area contributed by atoms with Crippen molar-refractivity contribution < 1.29 is 9.90 Å². The molecule has 0 saturated heterocycles. The van der Waals surface area contributed by atoms with Crippen molar-refractivity contribution in [1.82, 2.24) is 10.2 Å². The molecular formula is C11H22N2O2. The van der Waals surface area contributed by atoms with Crippen LogP contribution in [0.4, 0.5) is 0 Å². The van der Waals surface area contributed by atoms with Crippen LogP contribution in [0.3, 0.4) is 0 Å². The SMILES string of the molecule is CN(CC(=O)NCCO)C1CCCCC1. The minimum atomic E-state index is 0.0112. The topological polar surface area (TPSA) is 52.6 Å². The van der Waals surface area contributed by atoms with Gasteiger partial charge in [0.05, 0.1) is 13.2 Å². The molecule has 15 heavy (non-hydrogen) atoms. The fourth-order valence-electron chi connectivity index (χ4n) is 2.13. The molecule has 1 rings (SSSR count). The van der Waals surface area contributed by atoms with Crippen LogP contribution in [0.2, 0.25) is 0 Å². The standard InChI is InChI=1S/C11H22N2O2/c1-13(9-11(15)12-7-8-14)10-5-3-2-4-6-10/h10,14H,2-9H2,1H3,(H,12,15). The predicted molar refractivity (Wildman–Crippen MR) is 59.6 cm³/mol. The molecule has 1 aliphatic carbocycles. The van der Waals surface area contributed by atoms with Crippen LogP contribution in [-0.4, -0.2) is 48.7 Å². The van der Waals surface area contributed by atoms with Gasteiger partial charge in [-0.25, -0.2) is 0 Å². The molecule has 88 valence electrons. The van der Waals surface area contributed by atoms with Gasteiger partial charge >= 0.3 is 0 Å². The molecule has 0 aromatic carbocycles. The lowest BCUT2D eigenvalue weighted by molar-refractivity contribution is -0.122. The molecule has 0 spiro atoms. The molecule has 4 nitrogen and oxygen atoms in total. The molecule has 0 aliphatic heterocycles. The molecule has 0 aromatic heterocycles. The number of rotatable bonds is 5. The Labute approximate surface area is 91.6 Å². The third kappa shape index (κ3) is 4.62. The van der Waals surface area contributed by atoms with E-state index in [1.807, 2.05) is 7.05 Å². The number of amides is 1. The fraction of sp³-hybridized carbons (Fsp3) is 0.909. The second-order valence-corrected chi connectivity index (χ2v) is 4.28. The Bertz CT molecular complexity index is 191. The highest BCUT2D eigenvalue weighted by Crippen LogP contribution is 2.21. The van der Waals surface area contributed by atoms with Crippen LogP contribution >= 0.6 is 0 Å². The second-order valence-electron chi connectivity index (χ2n) is 4.28. The highest BCUT2D eigenvalue weighted by molar-refractivity contribution is 5.77. The van der Waals surface area contributed by atoms with Crippen LogP contribution in [0.15, 0.2) is 0 Å². The van der Waals surface area contributed by atoms with Crippen molar-refractivity contribution in [2.75, 3.05) is 26.7 Å². The lowest BCUT2D eigenvalue weighted by Crippen LogP contribution is -2.42. The summed E-state index contributed by atoms with van der Waals surface area (Å²) in [5.41, 5.74) is 0. The van der Waals surface area contributed by atoms with Gasteiger partial charge in [0, 0.05) is 12.6 Å². The van der Waals surface area contributed by atoms with E-state index in [-0.39, 0.29) is 12.5 Å². The Morgan fingerprint density at radius 1 is 1.40 bits per heavy atom. The number of carbonyl (C=O) groups is 1. The molecule has 0 atom stereocenters. The van der Waals surface area contributed by atoms with Crippen molar-refractivity contribution in [3.05, 3.63) is 0 Å². The van der Waals surface area contributed by atoms with Crippen molar-refractivity contribution in [3.8, 4) is 0 Å². The van der Waals surface area contributed by atoms with E-state index in [0.717, 1.165) is 0 Å². The van der Waals surface area contributed by atoms with Crippen LogP contribution in [0.5, 0.6) is 0 Å².